The maximum absolute atomic E-state index is 12.3. The first-order valence-corrected chi connectivity index (χ1v) is 7.27. The van der Waals surface area contributed by atoms with Crippen molar-refractivity contribution in [2.45, 2.75) is 45.7 Å². The van der Waals surface area contributed by atoms with Crippen LogP contribution in [0.25, 0.3) is 0 Å². The van der Waals surface area contributed by atoms with Gasteiger partial charge in [-0.05, 0) is 39.2 Å². The maximum Gasteiger partial charge on any atom is 0.318 e. The van der Waals surface area contributed by atoms with Gasteiger partial charge < -0.3 is 15.3 Å². The molecule has 4 nitrogen and oxygen atoms in total. The molecule has 1 aliphatic carbocycles. The normalized spacial score (nSPS) is 15.8. The Morgan fingerprint density at radius 2 is 1.95 bits per heavy atom. The number of urea groups is 1. The minimum atomic E-state index is -0.0757. The third-order valence-corrected chi connectivity index (χ3v) is 3.67. The average molecular weight is 276 g/mol. The summed E-state index contributed by atoms with van der Waals surface area (Å²) >= 11 is 0. The Labute approximate surface area is 120 Å². The Hall–Kier alpha value is -1.55. The monoisotopic (exact) mass is 276 g/mol. The smallest absolute Gasteiger partial charge is 0.318 e. The summed E-state index contributed by atoms with van der Waals surface area (Å²) in [6.45, 7) is 6.55. The Balaban J connectivity index is 2.02. The molecule has 1 unspecified atom stereocenters. The molecule has 0 saturated heterocycles. The molecule has 0 aromatic heterocycles. The number of nitrogens with zero attached hydrogens (tertiary/aromatic N) is 1. The molecule has 1 fully saturated rings. The van der Waals surface area contributed by atoms with Crippen LogP contribution in [-0.2, 0) is 0 Å². The first-order chi connectivity index (χ1) is 9.51. The third-order valence-electron chi connectivity index (χ3n) is 3.67. The van der Waals surface area contributed by atoms with Crippen molar-refractivity contribution in [3.63, 3.8) is 0 Å². The van der Waals surface area contributed by atoms with Crippen LogP contribution in [0.2, 0.25) is 0 Å². The zero-order chi connectivity index (χ0) is 14.7. The lowest BCUT2D eigenvalue weighted by Gasteiger charge is -2.25. The summed E-state index contributed by atoms with van der Waals surface area (Å²) in [7, 11) is 0. The predicted molar refractivity (Wildman–Crippen MR) is 79.7 cm³/mol. The predicted octanol–water partition coefficient (Wildman–Crippen LogP) is 2.53. The van der Waals surface area contributed by atoms with Gasteiger partial charge in [-0.25, -0.2) is 4.79 Å². The molecule has 20 heavy (non-hydrogen) atoms. The Morgan fingerprint density at radius 1 is 1.35 bits per heavy atom. The van der Waals surface area contributed by atoms with Gasteiger partial charge in [0.1, 0.15) is 0 Å². The molecule has 1 aromatic carbocycles. The van der Waals surface area contributed by atoms with E-state index in [-0.39, 0.29) is 18.7 Å². The molecule has 0 spiro atoms. The molecule has 1 aromatic rings. The maximum atomic E-state index is 12.3. The number of amides is 2. The fraction of sp³-hybridized carbons (Fsp3) is 0.562. The number of aliphatic hydroxyl groups excluding tert-OH is 1. The van der Waals surface area contributed by atoms with Gasteiger partial charge in [-0.15, -0.1) is 0 Å². The van der Waals surface area contributed by atoms with Gasteiger partial charge in [0.2, 0.25) is 0 Å². The lowest BCUT2D eigenvalue weighted by Crippen LogP contribution is -2.43. The SMILES string of the molecule is Cc1cc(C)cc(C(C)NC(=O)N(CCO)C2CC2)c1. The van der Waals surface area contributed by atoms with Crippen LogP contribution in [0.4, 0.5) is 4.79 Å². The summed E-state index contributed by atoms with van der Waals surface area (Å²) in [5.74, 6) is 0. The van der Waals surface area contributed by atoms with Gasteiger partial charge in [0, 0.05) is 12.6 Å². The first kappa shape index (κ1) is 14.9. The van der Waals surface area contributed by atoms with Crippen LogP contribution < -0.4 is 5.32 Å². The second kappa shape index (κ2) is 6.27. The minimum Gasteiger partial charge on any atom is -0.395 e. The van der Waals surface area contributed by atoms with Crippen molar-refractivity contribution in [2.75, 3.05) is 13.2 Å². The van der Waals surface area contributed by atoms with Crippen LogP contribution in [0, 0.1) is 13.8 Å². The van der Waals surface area contributed by atoms with E-state index in [9.17, 15) is 4.79 Å². The van der Waals surface area contributed by atoms with E-state index in [0.717, 1.165) is 18.4 Å². The van der Waals surface area contributed by atoms with E-state index in [1.54, 1.807) is 4.90 Å². The number of hydrogen-bond donors (Lipinski definition) is 2. The zero-order valence-electron chi connectivity index (χ0n) is 12.5. The van der Waals surface area contributed by atoms with Gasteiger partial charge in [-0.3, -0.25) is 0 Å². The Kier molecular flexibility index (Phi) is 4.65. The fourth-order valence-corrected chi connectivity index (χ4v) is 2.56. The minimum absolute atomic E-state index is 0.0157. The van der Waals surface area contributed by atoms with Gasteiger partial charge in [0.15, 0.2) is 0 Å². The molecule has 0 heterocycles. The number of nitrogens with one attached hydrogen (secondary N) is 1. The van der Waals surface area contributed by atoms with Crippen molar-refractivity contribution >= 4 is 6.03 Å². The van der Waals surface area contributed by atoms with E-state index in [1.165, 1.54) is 11.1 Å². The van der Waals surface area contributed by atoms with E-state index in [4.69, 9.17) is 5.11 Å². The fourth-order valence-electron chi connectivity index (χ4n) is 2.56. The Morgan fingerprint density at radius 3 is 2.45 bits per heavy atom. The highest BCUT2D eigenvalue weighted by Crippen LogP contribution is 2.27. The highest BCUT2D eigenvalue weighted by molar-refractivity contribution is 5.75. The second-order valence-corrected chi connectivity index (χ2v) is 5.74. The van der Waals surface area contributed by atoms with Crippen molar-refractivity contribution in [1.82, 2.24) is 10.2 Å². The summed E-state index contributed by atoms with van der Waals surface area (Å²) < 4.78 is 0. The van der Waals surface area contributed by atoms with E-state index in [0.29, 0.717) is 12.6 Å². The highest BCUT2D eigenvalue weighted by atomic mass is 16.3. The van der Waals surface area contributed by atoms with E-state index in [2.05, 4.69) is 37.4 Å². The van der Waals surface area contributed by atoms with Crippen LogP contribution in [0.5, 0.6) is 0 Å². The quantitative estimate of drug-likeness (QED) is 0.868. The van der Waals surface area contributed by atoms with Crippen molar-refractivity contribution in [1.29, 1.82) is 0 Å². The van der Waals surface area contributed by atoms with Crippen molar-refractivity contribution in [3.05, 3.63) is 34.9 Å². The van der Waals surface area contributed by atoms with Crippen molar-refractivity contribution in [2.24, 2.45) is 0 Å². The number of carbonyl (C=O) groups excluding carboxylic acids is 1. The van der Waals surface area contributed by atoms with Crippen LogP contribution in [0.15, 0.2) is 18.2 Å². The Bertz CT molecular complexity index is 463. The van der Waals surface area contributed by atoms with Gasteiger partial charge in [-0.1, -0.05) is 29.3 Å². The molecule has 2 rings (SSSR count). The third kappa shape index (κ3) is 3.73. The number of carbonyl (C=O) groups is 1. The standard InChI is InChI=1S/C16H24N2O2/c1-11-8-12(2)10-14(9-11)13(3)17-16(20)18(6-7-19)15-4-5-15/h8-10,13,15,19H,4-7H2,1-3H3,(H,17,20). The van der Waals surface area contributed by atoms with Gasteiger partial charge in [-0.2, -0.15) is 0 Å². The van der Waals surface area contributed by atoms with E-state index in [1.807, 2.05) is 6.92 Å². The number of aryl methyl sites for hydroxylation is 2. The zero-order valence-corrected chi connectivity index (χ0v) is 12.5. The molecule has 4 heteroatoms. The number of aliphatic hydroxyl groups is 1. The summed E-state index contributed by atoms with van der Waals surface area (Å²) in [4.78, 5) is 14.0. The lowest BCUT2D eigenvalue weighted by molar-refractivity contribution is 0.171. The van der Waals surface area contributed by atoms with Gasteiger partial charge in [0.05, 0.1) is 12.6 Å². The van der Waals surface area contributed by atoms with Crippen LogP contribution in [-0.4, -0.2) is 35.2 Å². The first-order valence-electron chi connectivity index (χ1n) is 7.27. The molecular weight excluding hydrogens is 252 g/mol. The average Bonchev–Trinajstić information content (AvgIpc) is 3.18. The molecule has 2 amide bonds. The molecule has 0 bridgehead atoms. The number of rotatable bonds is 5. The van der Waals surface area contributed by atoms with Crippen LogP contribution in [0.3, 0.4) is 0 Å². The summed E-state index contributed by atoms with van der Waals surface area (Å²) in [5, 5.41) is 12.1. The van der Waals surface area contributed by atoms with Crippen LogP contribution >= 0.6 is 0 Å². The van der Waals surface area contributed by atoms with Gasteiger partial charge in [0.25, 0.3) is 0 Å². The van der Waals surface area contributed by atoms with E-state index < -0.39 is 0 Å². The summed E-state index contributed by atoms with van der Waals surface area (Å²) in [6.07, 6.45) is 2.09. The molecule has 2 N–H and O–H groups in total. The molecule has 0 aliphatic heterocycles. The molecule has 1 aliphatic rings. The summed E-state index contributed by atoms with van der Waals surface area (Å²) in [5.41, 5.74) is 3.53. The number of hydrogen-bond acceptors (Lipinski definition) is 2. The molecule has 1 atom stereocenters. The molecule has 1 saturated carbocycles. The van der Waals surface area contributed by atoms with Gasteiger partial charge >= 0.3 is 6.03 Å². The summed E-state index contributed by atoms with van der Waals surface area (Å²) in [6, 6.07) is 6.54. The number of benzene rings is 1. The van der Waals surface area contributed by atoms with E-state index >= 15 is 0 Å². The van der Waals surface area contributed by atoms with Crippen LogP contribution in [0.1, 0.15) is 42.5 Å². The molecule has 110 valence electrons. The molecule has 0 radical (unpaired) electrons. The second-order valence-electron chi connectivity index (χ2n) is 5.74. The molecular formula is C16H24N2O2. The van der Waals surface area contributed by atoms with Crippen molar-refractivity contribution < 1.29 is 9.90 Å². The topological polar surface area (TPSA) is 52.6 Å². The highest BCUT2D eigenvalue weighted by Gasteiger charge is 2.32. The van der Waals surface area contributed by atoms with Crippen molar-refractivity contribution in [3.8, 4) is 0 Å². The lowest BCUT2D eigenvalue weighted by atomic mass is 10.0. The largest absolute Gasteiger partial charge is 0.395 e.